The van der Waals surface area contributed by atoms with Gasteiger partial charge in [-0.25, -0.2) is 4.99 Å². The van der Waals surface area contributed by atoms with E-state index in [-0.39, 0.29) is 6.04 Å². The Kier molecular flexibility index (Phi) is 5.49. The van der Waals surface area contributed by atoms with Crippen molar-refractivity contribution in [1.82, 2.24) is 4.57 Å². The van der Waals surface area contributed by atoms with Crippen LogP contribution in [0.15, 0.2) is 120 Å². The highest BCUT2D eigenvalue weighted by Crippen LogP contribution is 2.39. The molecule has 4 heteroatoms. The lowest BCUT2D eigenvalue weighted by Gasteiger charge is -2.21. The lowest BCUT2D eigenvalue weighted by molar-refractivity contribution is 0.320. The fourth-order valence-corrected chi connectivity index (χ4v) is 7.33. The van der Waals surface area contributed by atoms with Gasteiger partial charge in [-0.1, -0.05) is 109 Å². The molecule has 3 nitrogen and oxygen atoms in total. The van der Waals surface area contributed by atoms with Crippen LogP contribution in [0.25, 0.3) is 10.9 Å². The Morgan fingerprint density at radius 2 is 1.29 bits per heavy atom. The summed E-state index contributed by atoms with van der Waals surface area (Å²) in [6, 6.07) is 40.7. The number of aryl methyl sites for hydroxylation is 1. The zero-order valence-electron chi connectivity index (χ0n) is 19.0. The largest absolute Gasteiger partial charge is 0.475 e. The summed E-state index contributed by atoms with van der Waals surface area (Å²) in [5, 5.41) is 3.81. The van der Waals surface area contributed by atoms with Crippen molar-refractivity contribution >= 4 is 40.8 Å². The van der Waals surface area contributed by atoms with Crippen LogP contribution in [0.1, 0.15) is 17.2 Å². The molecule has 2 heterocycles. The van der Waals surface area contributed by atoms with Crippen molar-refractivity contribution in [2.24, 2.45) is 12.0 Å². The van der Waals surface area contributed by atoms with Crippen molar-refractivity contribution in [2.75, 3.05) is 6.61 Å². The van der Waals surface area contributed by atoms with E-state index in [0.717, 1.165) is 11.5 Å². The number of fused-ring (bicyclic) bond motifs is 1. The molecule has 1 aromatic heterocycles. The Bertz CT molecular complexity index is 1420. The van der Waals surface area contributed by atoms with Gasteiger partial charge in [0.1, 0.15) is 12.6 Å². The number of hydrogen-bond acceptors (Lipinski definition) is 2. The number of hydrogen-bond donors (Lipinski definition) is 0. The van der Waals surface area contributed by atoms with Gasteiger partial charge >= 0.3 is 0 Å². The summed E-state index contributed by atoms with van der Waals surface area (Å²) < 4.78 is 8.68. The van der Waals surface area contributed by atoms with Crippen LogP contribution in [-0.4, -0.2) is 17.1 Å². The Labute approximate surface area is 201 Å². The van der Waals surface area contributed by atoms with Gasteiger partial charge in [-0.05, 0) is 22.2 Å². The smallest absolute Gasteiger partial charge is 0.219 e. The molecule has 0 spiro atoms. The van der Waals surface area contributed by atoms with Crippen LogP contribution in [0.4, 0.5) is 0 Å². The van der Waals surface area contributed by atoms with Gasteiger partial charge in [0.2, 0.25) is 5.90 Å². The molecule has 166 valence electrons. The third-order valence-corrected chi connectivity index (χ3v) is 8.94. The normalized spacial score (nSPS) is 15.5. The minimum absolute atomic E-state index is 0.0164. The summed E-state index contributed by atoms with van der Waals surface area (Å²) in [4.78, 5) is 5.11. The molecule has 0 unspecified atom stereocenters. The first-order chi connectivity index (χ1) is 16.8. The minimum Gasteiger partial charge on any atom is -0.475 e. The third kappa shape index (κ3) is 3.63. The van der Waals surface area contributed by atoms with Gasteiger partial charge in [0.15, 0.2) is 0 Å². The Balaban J connectivity index is 1.60. The number of nitrogens with zero attached hydrogens (tertiary/aromatic N) is 2. The van der Waals surface area contributed by atoms with Crippen molar-refractivity contribution < 1.29 is 4.74 Å². The maximum atomic E-state index is 6.34. The first-order valence-electron chi connectivity index (χ1n) is 11.5. The number of aromatic nitrogens is 1. The minimum atomic E-state index is -0.817. The summed E-state index contributed by atoms with van der Waals surface area (Å²) in [5.74, 6) is 0.750. The van der Waals surface area contributed by atoms with Gasteiger partial charge in [-0.15, -0.1) is 0 Å². The average molecular weight is 461 g/mol. The molecule has 1 aliphatic heterocycles. The van der Waals surface area contributed by atoms with Crippen molar-refractivity contribution in [3.8, 4) is 0 Å². The molecule has 0 bridgehead atoms. The third-order valence-electron chi connectivity index (χ3n) is 6.37. The summed E-state index contributed by atoms with van der Waals surface area (Å²) >= 11 is 0. The molecule has 0 saturated heterocycles. The van der Waals surface area contributed by atoms with E-state index in [2.05, 4.69) is 121 Å². The van der Waals surface area contributed by atoms with Crippen LogP contribution in [0, 0.1) is 0 Å². The van der Waals surface area contributed by atoms with Crippen LogP contribution >= 0.6 is 7.92 Å². The first kappa shape index (κ1) is 20.9. The lowest BCUT2D eigenvalue weighted by atomic mass is 10.1. The second-order valence-corrected chi connectivity index (χ2v) is 10.6. The monoisotopic (exact) mass is 460 g/mol. The van der Waals surface area contributed by atoms with Crippen molar-refractivity contribution in [3.05, 3.63) is 126 Å². The predicted octanol–water partition coefficient (Wildman–Crippen LogP) is 5.45. The van der Waals surface area contributed by atoms with Crippen molar-refractivity contribution in [1.29, 1.82) is 0 Å². The molecule has 0 aliphatic carbocycles. The number of benzene rings is 4. The highest BCUT2D eigenvalue weighted by Gasteiger charge is 2.32. The highest BCUT2D eigenvalue weighted by atomic mass is 31.1. The van der Waals surface area contributed by atoms with Gasteiger partial charge in [0.25, 0.3) is 0 Å². The van der Waals surface area contributed by atoms with Crippen molar-refractivity contribution in [2.45, 2.75) is 6.04 Å². The lowest BCUT2D eigenvalue weighted by Crippen LogP contribution is -2.29. The molecule has 0 amide bonds. The fraction of sp³-hybridized carbons (Fsp3) is 0.100. The molecular formula is C30H25N2OP. The SMILES string of the molecule is Cn1c(P(c2ccccc2)c2ccccc2)c(C2=N[C@@H](c3ccccc3)CO2)c2ccccc21. The molecule has 0 fully saturated rings. The maximum absolute atomic E-state index is 6.34. The first-order valence-corrected chi connectivity index (χ1v) is 12.9. The Morgan fingerprint density at radius 1 is 0.735 bits per heavy atom. The highest BCUT2D eigenvalue weighted by molar-refractivity contribution is 7.79. The van der Waals surface area contributed by atoms with Crippen LogP contribution in [0.5, 0.6) is 0 Å². The summed E-state index contributed by atoms with van der Waals surface area (Å²) in [6.45, 7) is 0.566. The predicted molar refractivity (Wildman–Crippen MR) is 143 cm³/mol. The quantitative estimate of drug-likeness (QED) is 0.320. The molecule has 5 aromatic rings. The van der Waals surface area contributed by atoms with Crippen LogP contribution in [0.2, 0.25) is 0 Å². The van der Waals surface area contributed by atoms with E-state index in [1.807, 2.05) is 6.07 Å². The Morgan fingerprint density at radius 3 is 1.94 bits per heavy atom. The van der Waals surface area contributed by atoms with E-state index < -0.39 is 7.92 Å². The number of aliphatic imine (C=N–C) groups is 1. The average Bonchev–Trinajstić information content (AvgIpc) is 3.50. The van der Waals surface area contributed by atoms with Crippen molar-refractivity contribution in [3.63, 3.8) is 0 Å². The maximum Gasteiger partial charge on any atom is 0.219 e. The molecule has 0 N–H and O–H groups in total. The molecule has 0 radical (unpaired) electrons. The van der Waals surface area contributed by atoms with Gasteiger partial charge in [-0.3, -0.25) is 0 Å². The second kappa shape index (κ2) is 8.93. The molecule has 6 rings (SSSR count). The number of rotatable bonds is 5. The van der Waals surface area contributed by atoms with Crippen LogP contribution in [0.3, 0.4) is 0 Å². The molecule has 1 atom stereocenters. The molecule has 34 heavy (non-hydrogen) atoms. The number of ether oxygens (including phenoxy) is 1. The van der Waals surface area contributed by atoms with E-state index in [4.69, 9.17) is 9.73 Å². The fourth-order valence-electron chi connectivity index (χ4n) is 4.76. The van der Waals surface area contributed by atoms with Gasteiger partial charge in [-0.2, -0.15) is 0 Å². The van der Waals surface area contributed by atoms with E-state index >= 15 is 0 Å². The molecule has 0 saturated carbocycles. The van der Waals surface area contributed by atoms with Gasteiger partial charge in [0, 0.05) is 25.9 Å². The summed E-state index contributed by atoms with van der Waals surface area (Å²) in [5.41, 5.74) is 4.77. The summed E-state index contributed by atoms with van der Waals surface area (Å²) in [7, 11) is 1.36. The van der Waals surface area contributed by atoms with E-state index in [1.54, 1.807) is 0 Å². The summed E-state index contributed by atoms with van der Waals surface area (Å²) in [6.07, 6.45) is 0. The van der Waals surface area contributed by atoms with E-state index in [0.29, 0.717) is 6.61 Å². The Hall–Kier alpha value is -3.68. The molecular weight excluding hydrogens is 435 g/mol. The van der Waals surface area contributed by atoms with Crippen LogP contribution < -0.4 is 16.0 Å². The zero-order valence-corrected chi connectivity index (χ0v) is 19.9. The van der Waals surface area contributed by atoms with Gasteiger partial charge < -0.3 is 9.30 Å². The topological polar surface area (TPSA) is 26.5 Å². The molecule has 1 aliphatic rings. The van der Waals surface area contributed by atoms with Gasteiger partial charge in [0.05, 0.1) is 11.0 Å². The van der Waals surface area contributed by atoms with E-state index in [1.165, 1.54) is 32.5 Å². The second-order valence-electron chi connectivity index (χ2n) is 8.45. The zero-order chi connectivity index (χ0) is 22.9. The van der Waals surface area contributed by atoms with Crippen LogP contribution in [-0.2, 0) is 11.8 Å². The molecule has 4 aromatic carbocycles. The standard InChI is InChI=1S/C30H25N2OP/c1-32-27-20-12-11-19-25(27)28(29-31-26(21-33-29)22-13-5-2-6-14-22)30(32)34(23-15-7-3-8-16-23)24-17-9-4-10-18-24/h2-20,26H,21H2,1H3/t26-/m1/s1. The van der Waals surface area contributed by atoms with E-state index in [9.17, 15) is 0 Å². The number of para-hydroxylation sites is 1.